The molecular weight excluding hydrogens is 391 g/mol. The van der Waals surface area contributed by atoms with Crippen LogP contribution >= 0.6 is 0 Å². The van der Waals surface area contributed by atoms with E-state index >= 15 is 0 Å². The molecule has 0 amide bonds. The van der Waals surface area contributed by atoms with Crippen LogP contribution in [0.1, 0.15) is 37.7 Å². The summed E-state index contributed by atoms with van der Waals surface area (Å²) < 4.78 is 10.2. The van der Waals surface area contributed by atoms with Gasteiger partial charge in [-0.15, -0.1) is 0 Å². The van der Waals surface area contributed by atoms with Gasteiger partial charge in [-0.1, -0.05) is 93.5 Å². The lowest BCUT2D eigenvalue weighted by molar-refractivity contribution is 0.425. The Labute approximate surface area is 176 Å². The molecule has 1 aliphatic carbocycles. The quantitative estimate of drug-likeness (QED) is 0.398. The van der Waals surface area contributed by atoms with Gasteiger partial charge in [0.1, 0.15) is 16.5 Å². The Balaban J connectivity index is 2.22. The van der Waals surface area contributed by atoms with Crippen molar-refractivity contribution >= 4 is 30.9 Å². The van der Waals surface area contributed by atoms with Crippen molar-refractivity contribution < 1.29 is 4.43 Å². The van der Waals surface area contributed by atoms with E-state index in [-0.39, 0.29) is 5.04 Å². The van der Waals surface area contributed by atoms with Gasteiger partial charge in [0.05, 0.1) is 6.11 Å². The smallest absolute Gasteiger partial charge is 0.255 e. The Hall–Kier alpha value is -1.07. The third kappa shape index (κ3) is 6.77. The van der Waals surface area contributed by atoms with Crippen LogP contribution in [0.2, 0.25) is 50.9 Å². The van der Waals surface area contributed by atoms with Crippen molar-refractivity contribution in [2.45, 2.75) is 83.0 Å². The van der Waals surface area contributed by atoms with Gasteiger partial charge in [-0.3, -0.25) is 0 Å². The summed E-state index contributed by atoms with van der Waals surface area (Å²) in [7, 11) is -5.11. The van der Waals surface area contributed by atoms with E-state index in [0.29, 0.717) is 0 Å². The summed E-state index contributed by atoms with van der Waals surface area (Å²) in [6, 6.07) is 10.6. The van der Waals surface area contributed by atoms with E-state index < -0.39 is 24.8 Å². The first-order valence-corrected chi connectivity index (χ1v) is 20.2. The van der Waals surface area contributed by atoms with E-state index in [2.05, 4.69) is 105 Å². The van der Waals surface area contributed by atoms with E-state index in [0.717, 1.165) is 0 Å². The number of benzene rings is 1. The van der Waals surface area contributed by atoms with Gasteiger partial charge in [0, 0.05) is 5.04 Å². The predicted molar refractivity (Wildman–Crippen MR) is 132 cm³/mol. The van der Waals surface area contributed by atoms with E-state index in [1.807, 2.05) is 0 Å². The molecule has 1 fully saturated rings. The van der Waals surface area contributed by atoms with E-state index in [1.165, 1.54) is 37.7 Å². The summed E-state index contributed by atoms with van der Waals surface area (Å²) in [5.74, 6) is 3.69. The molecule has 5 heteroatoms. The SMILES string of the molecule is C[Si](C)(C=Cc1ccccc1)N[Si](C)(C)C1(C#CO[Si](C)(C)C)CCCCC1. The van der Waals surface area contributed by atoms with E-state index in [4.69, 9.17) is 4.43 Å². The fourth-order valence-electron chi connectivity index (χ4n) is 4.17. The molecule has 2 nitrogen and oxygen atoms in total. The predicted octanol–water partition coefficient (Wildman–Crippen LogP) is 6.76. The van der Waals surface area contributed by atoms with E-state index in [1.54, 1.807) is 0 Å². The molecule has 0 spiro atoms. The Bertz CT molecular complexity index is 718. The molecular formula is C23H39NOSi3. The van der Waals surface area contributed by atoms with Crippen molar-refractivity contribution in [1.29, 1.82) is 0 Å². The van der Waals surface area contributed by atoms with Crippen LogP contribution in [0.15, 0.2) is 36.0 Å². The highest BCUT2D eigenvalue weighted by molar-refractivity contribution is 6.95. The monoisotopic (exact) mass is 429 g/mol. The molecule has 154 valence electrons. The van der Waals surface area contributed by atoms with Crippen LogP contribution in [0.25, 0.3) is 6.08 Å². The fourth-order valence-corrected chi connectivity index (χ4v) is 14.8. The largest absolute Gasteiger partial charge is 0.501 e. The summed E-state index contributed by atoms with van der Waals surface area (Å²) in [6.07, 6.45) is 11.8. The van der Waals surface area contributed by atoms with Crippen molar-refractivity contribution in [3.05, 3.63) is 41.6 Å². The van der Waals surface area contributed by atoms with Crippen molar-refractivity contribution in [2.75, 3.05) is 0 Å². The zero-order valence-electron chi connectivity index (χ0n) is 19.0. The number of nitrogens with one attached hydrogen (secondary N) is 1. The van der Waals surface area contributed by atoms with Crippen LogP contribution in [-0.2, 0) is 4.43 Å². The zero-order valence-corrected chi connectivity index (χ0v) is 22.0. The molecule has 0 atom stereocenters. The Morgan fingerprint density at radius 1 is 0.929 bits per heavy atom. The molecule has 0 saturated heterocycles. The van der Waals surface area contributed by atoms with Gasteiger partial charge >= 0.3 is 0 Å². The highest BCUT2D eigenvalue weighted by Gasteiger charge is 2.48. The molecule has 2 rings (SSSR count). The van der Waals surface area contributed by atoms with Gasteiger partial charge in [-0.2, -0.15) is 0 Å². The van der Waals surface area contributed by atoms with Crippen molar-refractivity contribution in [1.82, 2.24) is 4.65 Å². The molecule has 1 saturated carbocycles. The zero-order chi connectivity index (χ0) is 20.9. The minimum absolute atomic E-state index is 0.121. The number of hydrogen-bond acceptors (Lipinski definition) is 2. The van der Waals surface area contributed by atoms with Crippen molar-refractivity contribution in [2.24, 2.45) is 0 Å². The maximum Gasteiger partial charge on any atom is 0.255 e. The van der Waals surface area contributed by atoms with E-state index in [9.17, 15) is 0 Å². The summed E-state index contributed by atoms with van der Waals surface area (Å²) in [4.78, 5) is 0. The maximum absolute atomic E-state index is 5.96. The Kier molecular flexibility index (Phi) is 7.60. The minimum Gasteiger partial charge on any atom is -0.501 e. The van der Waals surface area contributed by atoms with Gasteiger partial charge in [0.15, 0.2) is 0 Å². The average molecular weight is 430 g/mol. The van der Waals surface area contributed by atoms with Gasteiger partial charge < -0.3 is 9.07 Å². The second-order valence-corrected chi connectivity index (χ2v) is 23.7. The first-order chi connectivity index (χ1) is 12.9. The normalized spacial score (nSPS) is 17.8. The molecule has 1 N–H and O–H groups in total. The third-order valence-electron chi connectivity index (χ3n) is 5.68. The Morgan fingerprint density at radius 3 is 2.11 bits per heavy atom. The van der Waals surface area contributed by atoms with Gasteiger partial charge in [-0.05, 0) is 38.0 Å². The highest BCUT2D eigenvalue weighted by atomic mass is 28.4. The molecule has 0 aromatic heterocycles. The lowest BCUT2D eigenvalue weighted by Gasteiger charge is -2.47. The summed E-state index contributed by atoms with van der Waals surface area (Å²) >= 11 is 0. The molecule has 0 radical (unpaired) electrons. The molecule has 0 unspecified atom stereocenters. The van der Waals surface area contributed by atoms with Crippen LogP contribution < -0.4 is 4.65 Å². The molecule has 1 aliphatic rings. The minimum atomic E-state index is -1.80. The van der Waals surface area contributed by atoms with Crippen molar-refractivity contribution in [3.63, 3.8) is 0 Å². The fraction of sp³-hybridized carbons (Fsp3) is 0.565. The van der Waals surface area contributed by atoms with Crippen LogP contribution in [-0.4, -0.2) is 24.8 Å². The maximum atomic E-state index is 5.96. The summed E-state index contributed by atoms with van der Waals surface area (Å²) in [6.45, 7) is 16.5. The standard InChI is InChI=1S/C23H39NOSi3/c1-26(2,3)25-20-19-23(17-12-9-13-18-23)28(6,7)24-27(4,5)21-16-22-14-10-8-11-15-22/h8,10-11,14-16,21,24H,9,12-13,17-18H2,1-7H3. The molecule has 0 bridgehead atoms. The van der Waals surface area contributed by atoms with Crippen molar-refractivity contribution in [3.8, 4) is 12.0 Å². The number of hydrogen-bond donors (Lipinski definition) is 1. The van der Waals surface area contributed by atoms with Crippen LogP contribution in [0.5, 0.6) is 0 Å². The average Bonchev–Trinajstić information content (AvgIpc) is 2.60. The van der Waals surface area contributed by atoms with Crippen LogP contribution in [0, 0.1) is 12.0 Å². The molecule has 28 heavy (non-hydrogen) atoms. The van der Waals surface area contributed by atoms with Gasteiger partial charge in [-0.25, -0.2) is 0 Å². The molecule has 1 aromatic rings. The van der Waals surface area contributed by atoms with Gasteiger partial charge in [0.2, 0.25) is 0 Å². The second kappa shape index (κ2) is 9.17. The molecule has 1 aromatic carbocycles. The lowest BCUT2D eigenvalue weighted by atomic mass is 9.89. The topological polar surface area (TPSA) is 21.3 Å². The summed E-state index contributed by atoms with van der Waals surface area (Å²) in [5.41, 5.74) is 3.72. The Morgan fingerprint density at radius 2 is 1.54 bits per heavy atom. The third-order valence-corrected chi connectivity index (χ3v) is 15.5. The summed E-state index contributed by atoms with van der Waals surface area (Å²) in [5, 5.41) is 0.121. The number of rotatable bonds is 6. The molecule has 0 aliphatic heterocycles. The first-order valence-electron chi connectivity index (χ1n) is 10.7. The van der Waals surface area contributed by atoms with Crippen LogP contribution in [0.3, 0.4) is 0 Å². The van der Waals surface area contributed by atoms with Gasteiger partial charge in [0.25, 0.3) is 8.32 Å². The van der Waals surface area contributed by atoms with Crippen LogP contribution in [0.4, 0.5) is 0 Å². The second-order valence-electron chi connectivity index (χ2n) is 10.3. The highest BCUT2D eigenvalue weighted by Crippen LogP contribution is 2.49. The lowest BCUT2D eigenvalue weighted by Crippen LogP contribution is -2.64. The molecule has 0 heterocycles. The first kappa shape index (κ1) is 23.2.